The van der Waals surface area contributed by atoms with Crippen LogP contribution in [-0.2, 0) is 0 Å². The summed E-state index contributed by atoms with van der Waals surface area (Å²) in [7, 11) is 0. The number of carbonyl (C=O) groups is 1. The molecule has 1 unspecified atom stereocenters. The minimum Gasteiger partial charge on any atom is -0.345 e. The Bertz CT molecular complexity index is 682. The predicted octanol–water partition coefficient (Wildman–Crippen LogP) is 3.20. The van der Waals surface area contributed by atoms with Gasteiger partial charge in [0.1, 0.15) is 0 Å². The van der Waals surface area contributed by atoms with Gasteiger partial charge in [0.05, 0.1) is 23.0 Å². The zero-order valence-corrected chi connectivity index (χ0v) is 13.1. The number of nitrogens with one attached hydrogen (secondary N) is 1. The smallest absolute Gasteiger partial charge is 0.252 e. The van der Waals surface area contributed by atoms with E-state index in [9.17, 15) is 4.79 Å². The fourth-order valence-corrected chi connectivity index (χ4v) is 2.65. The van der Waals surface area contributed by atoms with Crippen molar-refractivity contribution in [1.82, 2.24) is 5.32 Å². The van der Waals surface area contributed by atoms with Crippen LogP contribution in [0.1, 0.15) is 33.8 Å². The Kier molecular flexibility index (Phi) is 5.40. The Hall–Kier alpha value is -1.80. The Morgan fingerprint density at radius 3 is 2.81 bits per heavy atom. The van der Waals surface area contributed by atoms with Crippen LogP contribution in [0.5, 0.6) is 0 Å². The first kappa shape index (κ1) is 15.6. The fraction of sp³-hybridized carbons (Fsp3) is 0.188. The molecule has 0 saturated carbocycles. The van der Waals surface area contributed by atoms with Crippen LogP contribution in [0, 0.1) is 11.8 Å². The maximum atomic E-state index is 12.2. The molecule has 0 spiro atoms. The van der Waals surface area contributed by atoms with Gasteiger partial charge in [-0.1, -0.05) is 35.6 Å². The largest absolute Gasteiger partial charge is 0.345 e. The topological polar surface area (TPSA) is 55.1 Å². The fourth-order valence-electron chi connectivity index (χ4n) is 1.77. The summed E-state index contributed by atoms with van der Waals surface area (Å²) in [6.07, 6.45) is 0. The van der Waals surface area contributed by atoms with E-state index in [2.05, 4.69) is 17.2 Å². The Morgan fingerprint density at radius 2 is 2.14 bits per heavy atom. The summed E-state index contributed by atoms with van der Waals surface area (Å²) in [6, 6.07) is 9.11. The molecule has 3 nitrogen and oxygen atoms in total. The molecule has 3 N–H and O–H groups in total. The lowest BCUT2D eigenvalue weighted by atomic mass is 10.1. The summed E-state index contributed by atoms with van der Waals surface area (Å²) in [6.45, 7) is 2.25. The normalized spacial score (nSPS) is 11.4. The van der Waals surface area contributed by atoms with Crippen molar-refractivity contribution < 1.29 is 4.79 Å². The van der Waals surface area contributed by atoms with Crippen LogP contribution < -0.4 is 11.1 Å². The second-order valence-electron chi connectivity index (χ2n) is 4.45. The number of nitrogens with two attached hydrogens (primary N) is 1. The number of halogens is 1. The maximum absolute atomic E-state index is 12.2. The molecule has 0 radical (unpaired) electrons. The molecular formula is C16H15ClN2OS. The zero-order chi connectivity index (χ0) is 15.2. The predicted molar refractivity (Wildman–Crippen MR) is 87.6 cm³/mol. The SMILES string of the molecule is CC(NC(=O)c1csc(C#CCN)c1)c1ccc(Cl)cc1. The summed E-state index contributed by atoms with van der Waals surface area (Å²) < 4.78 is 0. The molecule has 0 aliphatic heterocycles. The highest BCUT2D eigenvalue weighted by Gasteiger charge is 2.12. The molecule has 5 heteroatoms. The van der Waals surface area contributed by atoms with E-state index in [1.54, 1.807) is 11.4 Å². The average molecular weight is 319 g/mol. The maximum Gasteiger partial charge on any atom is 0.252 e. The highest BCUT2D eigenvalue weighted by Crippen LogP contribution is 2.18. The highest BCUT2D eigenvalue weighted by molar-refractivity contribution is 7.10. The zero-order valence-electron chi connectivity index (χ0n) is 11.5. The number of rotatable bonds is 3. The van der Waals surface area contributed by atoms with Crippen molar-refractivity contribution in [2.24, 2.45) is 5.73 Å². The number of benzene rings is 1. The number of hydrogen-bond acceptors (Lipinski definition) is 3. The van der Waals surface area contributed by atoms with Gasteiger partial charge in [0.25, 0.3) is 5.91 Å². The Balaban J connectivity index is 2.03. The Morgan fingerprint density at radius 1 is 1.43 bits per heavy atom. The van der Waals surface area contributed by atoms with E-state index in [0.717, 1.165) is 10.4 Å². The summed E-state index contributed by atoms with van der Waals surface area (Å²) in [5.74, 6) is 5.58. The molecule has 0 aliphatic rings. The third-order valence-corrected chi connectivity index (χ3v) is 3.99. The van der Waals surface area contributed by atoms with Crippen molar-refractivity contribution in [2.75, 3.05) is 6.54 Å². The third-order valence-electron chi connectivity index (χ3n) is 2.89. The van der Waals surface area contributed by atoms with E-state index in [0.29, 0.717) is 17.1 Å². The van der Waals surface area contributed by atoms with Gasteiger partial charge < -0.3 is 11.1 Å². The van der Waals surface area contributed by atoms with Crippen LogP contribution in [0.3, 0.4) is 0 Å². The minimum absolute atomic E-state index is 0.0896. The molecule has 0 aliphatic carbocycles. The lowest BCUT2D eigenvalue weighted by Gasteiger charge is -2.13. The van der Waals surface area contributed by atoms with E-state index in [1.807, 2.05) is 31.2 Å². The van der Waals surface area contributed by atoms with E-state index >= 15 is 0 Å². The van der Waals surface area contributed by atoms with Crippen LogP contribution in [0.4, 0.5) is 0 Å². The van der Waals surface area contributed by atoms with Crippen LogP contribution in [0.15, 0.2) is 35.7 Å². The molecule has 0 bridgehead atoms. The molecule has 0 fully saturated rings. The van der Waals surface area contributed by atoms with E-state index in [-0.39, 0.29) is 11.9 Å². The first-order valence-corrected chi connectivity index (χ1v) is 7.69. The lowest BCUT2D eigenvalue weighted by Crippen LogP contribution is -2.26. The molecule has 21 heavy (non-hydrogen) atoms. The van der Waals surface area contributed by atoms with Crippen LogP contribution in [0.2, 0.25) is 5.02 Å². The molecule has 0 saturated heterocycles. The van der Waals surface area contributed by atoms with Gasteiger partial charge in [0.2, 0.25) is 0 Å². The van der Waals surface area contributed by atoms with Crippen LogP contribution in [-0.4, -0.2) is 12.5 Å². The first-order valence-electron chi connectivity index (χ1n) is 6.44. The second-order valence-corrected chi connectivity index (χ2v) is 5.80. The highest BCUT2D eigenvalue weighted by atomic mass is 35.5. The van der Waals surface area contributed by atoms with Gasteiger partial charge in [-0.25, -0.2) is 0 Å². The summed E-state index contributed by atoms with van der Waals surface area (Å²) in [5, 5.41) is 5.43. The van der Waals surface area contributed by atoms with Gasteiger partial charge in [-0.3, -0.25) is 4.79 Å². The van der Waals surface area contributed by atoms with Crippen molar-refractivity contribution in [2.45, 2.75) is 13.0 Å². The van der Waals surface area contributed by atoms with Crippen molar-refractivity contribution in [3.63, 3.8) is 0 Å². The quantitative estimate of drug-likeness (QED) is 0.854. The number of amides is 1. The molecule has 1 aromatic carbocycles. The van der Waals surface area contributed by atoms with Crippen molar-refractivity contribution in [3.05, 3.63) is 56.7 Å². The molecule has 1 heterocycles. The molecule has 1 atom stereocenters. The number of thiophene rings is 1. The van der Waals surface area contributed by atoms with Crippen molar-refractivity contribution in [1.29, 1.82) is 0 Å². The van der Waals surface area contributed by atoms with E-state index in [4.69, 9.17) is 17.3 Å². The minimum atomic E-state index is -0.116. The molecule has 1 aromatic heterocycles. The molecular weight excluding hydrogens is 304 g/mol. The monoisotopic (exact) mass is 318 g/mol. The summed E-state index contributed by atoms with van der Waals surface area (Å²) >= 11 is 7.29. The van der Waals surface area contributed by atoms with Crippen molar-refractivity contribution in [3.8, 4) is 11.8 Å². The first-order chi connectivity index (χ1) is 10.1. The van der Waals surface area contributed by atoms with E-state index < -0.39 is 0 Å². The van der Waals surface area contributed by atoms with Gasteiger partial charge >= 0.3 is 0 Å². The Labute approximate surface area is 133 Å². The molecule has 2 rings (SSSR count). The van der Waals surface area contributed by atoms with Gasteiger partial charge in [0.15, 0.2) is 0 Å². The summed E-state index contributed by atoms with van der Waals surface area (Å²) in [4.78, 5) is 13.0. The molecule has 2 aromatic rings. The van der Waals surface area contributed by atoms with Gasteiger partial charge in [0, 0.05) is 10.4 Å². The van der Waals surface area contributed by atoms with Crippen LogP contribution in [0.25, 0.3) is 0 Å². The average Bonchev–Trinajstić information content (AvgIpc) is 2.94. The van der Waals surface area contributed by atoms with Gasteiger partial charge in [-0.15, -0.1) is 11.3 Å². The summed E-state index contributed by atoms with van der Waals surface area (Å²) in [5.41, 5.74) is 6.94. The standard InChI is InChI=1S/C16H15ClN2OS/c1-11(12-4-6-14(17)7-5-12)19-16(20)13-9-15(21-10-13)3-2-8-18/h4-7,9-11H,8,18H2,1H3,(H,19,20). The van der Waals surface area contributed by atoms with Gasteiger partial charge in [-0.05, 0) is 30.7 Å². The third kappa shape index (κ3) is 4.33. The second kappa shape index (κ2) is 7.28. The number of hydrogen-bond donors (Lipinski definition) is 2. The lowest BCUT2D eigenvalue weighted by molar-refractivity contribution is 0.0940. The van der Waals surface area contributed by atoms with E-state index in [1.165, 1.54) is 11.3 Å². The molecule has 1 amide bonds. The van der Waals surface area contributed by atoms with Crippen LogP contribution >= 0.6 is 22.9 Å². The van der Waals surface area contributed by atoms with Gasteiger partial charge in [-0.2, -0.15) is 0 Å². The van der Waals surface area contributed by atoms with Crippen molar-refractivity contribution >= 4 is 28.8 Å². The number of carbonyl (C=O) groups excluding carboxylic acids is 1. The molecule has 108 valence electrons.